The van der Waals surface area contributed by atoms with E-state index in [9.17, 15) is 4.79 Å². The van der Waals surface area contributed by atoms with Gasteiger partial charge in [-0.15, -0.1) is 0 Å². The van der Waals surface area contributed by atoms with E-state index in [1.165, 1.54) is 12.7 Å². The fourth-order valence-corrected chi connectivity index (χ4v) is 4.26. The van der Waals surface area contributed by atoms with Gasteiger partial charge in [0.05, 0.1) is 18.1 Å². The smallest absolute Gasteiger partial charge is 0.267 e. The zero-order valence-electron chi connectivity index (χ0n) is 16.3. The van der Waals surface area contributed by atoms with E-state index >= 15 is 0 Å². The van der Waals surface area contributed by atoms with Crippen LogP contribution in [0.4, 0.5) is 5.82 Å². The molecule has 4 heterocycles. The Bertz CT molecular complexity index is 1040. The van der Waals surface area contributed by atoms with Crippen LogP contribution in [-0.2, 0) is 19.4 Å². The number of fused-ring (bicyclic) bond motifs is 1. The Hall–Kier alpha value is -3.10. The molecule has 2 aliphatic rings. The second-order valence-corrected chi connectivity index (χ2v) is 7.85. The average molecular weight is 392 g/mol. The van der Waals surface area contributed by atoms with E-state index in [-0.39, 0.29) is 5.56 Å². The van der Waals surface area contributed by atoms with Crippen LogP contribution in [0.1, 0.15) is 36.9 Å². The number of aryl methyl sites for hydroxylation is 2. The van der Waals surface area contributed by atoms with E-state index in [4.69, 9.17) is 0 Å². The molecular formula is C20H24N8O. The maximum Gasteiger partial charge on any atom is 0.267 e. The Morgan fingerprint density at radius 3 is 2.69 bits per heavy atom. The van der Waals surface area contributed by atoms with Crippen molar-refractivity contribution in [1.29, 1.82) is 0 Å². The molecule has 29 heavy (non-hydrogen) atoms. The second-order valence-electron chi connectivity index (χ2n) is 7.85. The Morgan fingerprint density at radius 2 is 1.86 bits per heavy atom. The van der Waals surface area contributed by atoms with Gasteiger partial charge < -0.3 is 4.90 Å². The molecule has 1 fully saturated rings. The molecule has 9 heteroatoms. The lowest BCUT2D eigenvalue weighted by molar-refractivity contribution is 0.331. The van der Waals surface area contributed by atoms with Crippen molar-refractivity contribution in [3.8, 4) is 5.82 Å². The van der Waals surface area contributed by atoms with Gasteiger partial charge in [-0.05, 0) is 50.0 Å². The molecule has 0 N–H and O–H groups in total. The Morgan fingerprint density at radius 1 is 1.03 bits per heavy atom. The summed E-state index contributed by atoms with van der Waals surface area (Å²) >= 11 is 0. The minimum Gasteiger partial charge on any atom is -0.355 e. The molecule has 0 amide bonds. The van der Waals surface area contributed by atoms with Gasteiger partial charge in [0.1, 0.15) is 18.5 Å². The maximum atomic E-state index is 12.5. The predicted molar refractivity (Wildman–Crippen MR) is 107 cm³/mol. The third kappa shape index (κ3) is 3.76. The first-order valence-electron chi connectivity index (χ1n) is 10.3. The van der Waals surface area contributed by atoms with Crippen molar-refractivity contribution >= 4 is 5.82 Å². The number of hydrogen-bond donors (Lipinski definition) is 0. The van der Waals surface area contributed by atoms with Crippen LogP contribution in [0.3, 0.4) is 0 Å². The number of aromatic nitrogens is 7. The Balaban J connectivity index is 1.25. The molecule has 0 radical (unpaired) electrons. The Labute approximate surface area is 168 Å². The minimum atomic E-state index is 0.0412. The highest BCUT2D eigenvalue weighted by molar-refractivity contribution is 5.39. The zero-order chi connectivity index (χ0) is 19.6. The number of rotatable bonds is 4. The lowest BCUT2D eigenvalue weighted by Crippen LogP contribution is -2.37. The summed E-state index contributed by atoms with van der Waals surface area (Å²) in [6, 6.07) is 1.81. The van der Waals surface area contributed by atoms with E-state index in [0.717, 1.165) is 62.3 Å². The maximum absolute atomic E-state index is 12.5. The average Bonchev–Trinajstić information content (AvgIpc) is 3.30. The summed E-state index contributed by atoms with van der Waals surface area (Å²) in [6.45, 7) is 2.48. The minimum absolute atomic E-state index is 0.0412. The second kappa shape index (κ2) is 7.73. The first-order chi connectivity index (χ1) is 14.3. The summed E-state index contributed by atoms with van der Waals surface area (Å²) in [5.74, 6) is 1.96. The molecule has 3 aromatic rings. The SMILES string of the molecule is O=c1cc2c(nn1CC1CCN(c3cncc(-n4cncn4)n3)CC1)CCCC2. The molecule has 1 aliphatic carbocycles. The van der Waals surface area contributed by atoms with Crippen LogP contribution in [0.25, 0.3) is 5.82 Å². The monoisotopic (exact) mass is 392 g/mol. The van der Waals surface area contributed by atoms with Crippen molar-refractivity contribution in [2.45, 2.75) is 45.1 Å². The summed E-state index contributed by atoms with van der Waals surface area (Å²) < 4.78 is 3.30. The highest BCUT2D eigenvalue weighted by Gasteiger charge is 2.22. The third-order valence-corrected chi connectivity index (χ3v) is 5.91. The van der Waals surface area contributed by atoms with Crippen molar-refractivity contribution < 1.29 is 0 Å². The molecule has 1 aliphatic heterocycles. The van der Waals surface area contributed by atoms with Crippen LogP contribution in [0.15, 0.2) is 35.9 Å². The van der Waals surface area contributed by atoms with E-state index in [1.807, 2.05) is 6.07 Å². The summed E-state index contributed by atoms with van der Waals surface area (Å²) in [6.07, 6.45) is 12.9. The van der Waals surface area contributed by atoms with Crippen molar-refractivity contribution in [1.82, 2.24) is 34.5 Å². The molecule has 0 atom stereocenters. The van der Waals surface area contributed by atoms with Crippen LogP contribution in [-0.4, -0.2) is 47.6 Å². The highest BCUT2D eigenvalue weighted by Crippen LogP contribution is 2.23. The lowest BCUT2D eigenvalue weighted by atomic mass is 9.96. The molecule has 0 spiro atoms. The van der Waals surface area contributed by atoms with Gasteiger partial charge in [0, 0.05) is 25.7 Å². The first kappa shape index (κ1) is 18.0. The number of nitrogens with zero attached hydrogens (tertiary/aromatic N) is 8. The van der Waals surface area contributed by atoms with E-state index in [0.29, 0.717) is 18.3 Å². The predicted octanol–water partition coefficient (Wildman–Crippen LogP) is 1.41. The van der Waals surface area contributed by atoms with E-state index < -0.39 is 0 Å². The topological polar surface area (TPSA) is 94.6 Å². The molecule has 0 saturated carbocycles. The van der Waals surface area contributed by atoms with Gasteiger partial charge in [-0.1, -0.05) is 0 Å². The van der Waals surface area contributed by atoms with Crippen molar-refractivity contribution in [3.05, 3.63) is 52.7 Å². The van der Waals surface area contributed by atoms with Crippen molar-refractivity contribution in [2.75, 3.05) is 18.0 Å². The molecule has 3 aromatic heterocycles. The van der Waals surface area contributed by atoms with E-state index in [2.05, 4.69) is 30.0 Å². The van der Waals surface area contributed by atoms with Crippen LogP contribution in [0, 0.1) is 5.92 Å². The molecule has 1 saturated heterocycles. The van der Waals surface area contributed by atoms with Crippen molar-refractivity contribution in [2.24, 2.45) is 5.92 Å². The van der Waals surface area contributed by atoms with Gasteiger partial charge in [0.2, 0.25) is 0 Å². The van der Waals surface area contributed by atoms with Crippen LogP contribution in [0.5, 0.6) is 0 Å². The van der Waals surface area contributed by atoms with Crippen LogP contribution in [0.2, 0.25) is 0 Å². The normalized spacial score (nSPS) is 17.3. The van der Waals surface area contributed by atoms with E-state index in [1.54, 1.807) is 28.1 Å². The fraction of sp³-hybridized carbons (Fsp3) is 0.500. The largest absolute Gasteiger partial charge is 0.355 e. The number of piperidine rings is 1. The molecule has 9 nitrogen and oxygen atoms in total. The Kier molecular flexibility index (Phi) is 4.79. The molecule has 5 rings (SSSR count). The number of anilines is 1. The third-order valence-electron chi connectivity index (χ3n) is 5.91. The van der Waals surface area contributed by atoms with Crippen LogP contribution >= 0.6 is 0 Å². The fourth-order valence-electron chi connectivity index (χ4n) is 4.26. The summed E-state index contributed by atoms with van der Waals surface area (Å²) in [4.78, 5) is 27.6. The molecule has 0 bridgehead atoms. The van der Waals surface area contributed by atoms with Gasteiger partial charge >= 0.3 is 0 Å². The first-order valence-corrected chi connectivity index (χ1v) is 10.3. The molecule has 0 unspecified atom stereocenters. The summed E-state index contributed by atoms with van der Waals surface area (Å²) in [5, 5.41) is 8.79. The molecule has 150 valence electrons. The zero-order valence-corrected chi connectivity index (χ0v) is 16.3. The van der Waals surface area contributed by atoms with Gasteiger partial charge in [-0.25, -0.2) is 19.3 Å². The summed E-state index contributed by atoms with van der Waals surface area (Å²) in [5.41, 5.74) is 2.31. The standard InChI is InChI=1S/C20H24N8O/c29-20-9-16-3-1-2-4-17(16)25-27(20)12-15-5-7-26(8-6-15)18-10-21-11-19(24-18)28-14-22-13-23-28/h9-11,13-15H,1-8,12H2. The number of hydrogen-bond acceptors (Lipinski definition) is 7. The van der Waals surface area contributed by atoms with Gasteiger partial charge in [-0.2, -0.15) is 10.2 Å². The quantitative estimate of drug-likeness (QED) is 0.662. The van der Waals surface area contributed by atoms with Gasteiger partial charge in [0.15, 0.2) is 5.82 Å². The van der Waals surface area contributed by atoms with Gasteiger partial charge in [0.25, 0.3) is 5.56 Å². The summed E-state index contributed by atoms with van der Waals surface area (Å²) in [7, 11) is 0. The molecular weight excluding hydrogens is 368 g/mol. The lowest BCUT2D eigenvalue weighted by Gasteiger charge is -2.32. The van der Waals surface area contributed by atoms with Crippen molar-refractivity contribution in [3.63, 3.8) is 0 Å². The molecule has 0 aromatic carbocycles. The highest BCUT2D eigenvalue weighted by atomic mass is 16.1. The van der Waals surface area contributed by atoms with Gasteiger partial charge in [-0.3, -0.25) is 9.78 Å². The van der Waals surface area contributed by atoms with Crippen LogP contribution < -0.4 is 10.5 Å².